The Morgan fingerprint density at radius 2 is 1.93 bits per heavy atom. The van der Waals surface area contributed by atoms with E-state index in [4.69, 9.17) is 4.74 Å². The lowest BCUT2D eigenvalue weighted by Crippen LogP contribution is -2.41. The second kappa shape index (κ2) is 12.4. The standard InChI is InChI=1S/C19H25FN4O2.HI/c1-3-22-19(23-14-18(25)15-8-10-21-11-9-15)24(2)12-13-26-17-6-4-16(20)5-7-17;/h4-11,18,25H,3,12-14H2,1-2H3,(H,22,23);1H. The Morgan fingerprint density at radius 1 is 1.26 bits per heavy atom. The van der Waals surface area contributed by atoms with Crippen LogP contribution in [0.2, 0.25) is 0 Å². The van der Waals surface area contributed by atoms with Gasteiger partial charge in [-0.05, 0) is 48.9 Å². The molecule has 1 aromatic carbocycles. The molecule has 8 heteroatoms. The van der Waals surface area contributed by atoms with Crippen molar-refractivity contribution in [2.24, 2.45) is 4.99 Å². The minimum absolute atomic E-state index is 0. The third-order valence-corrected chi connectivity index (χ3v) is 3.71. The normalized spacial score (nSPS) is 12.1. The number of pyridine rings is 1. The minimum atomic E-state index is -0.685. The molecule has 1 atom stereocenters. The molecule has 0 aliphatic rings. The summed E-state index contributed by atoms with van der Waals surface area (Å²) in [6, 6.07) is 9.47. The molecular weight excluding hydrogens is 462 g/mol. The van der Waals surface area contributed by atoms with E-state index in [-0.39, 0.29) is 36.3 Å². The average molecular weight is 488 g/mol. The summed E-state index contributed by atoms with van der Waals surface area (Å²) in [6.07, 6.45) is 2.61. The third kappa shape index (κ3) is 8.08. The van der Waals surface area contributed by atoms with Gasteiger partial charge in [-0.1, -0.05) is 0 Å². The Hall–Kier alpha value is -1.94. The van der Waals surface area contributed by atoms with Gasteiger partial charge in [0.05, 0.1) is 19.2 Å². The number of benzene rings is 1. The van der Waals surface area contributed by atoms with Gasteiger partial charge < -0.3 is 20.1 Å². The van der Waals surface area contributed by atoms with E-state index in [0.717, 1.165) is 5.56 Å². The molecule has 2 aromatic rings. The summed E-state index contributed by atoms with van der Waals surface area (Å²) in [5.41, 5.74) is 0.780. The van der Waals surface area contributed by atoms with Crippen LogP contribution in [-0.4, -0.2) is 54.2 Å². The summed E-state index contributed by atoms with van der Waals surface area (Å²) in [7, 11) is 1.90. The Kier molecular flexibility index (Phi) is 10.6. The molecule has 1 unspecified atom stereocenters. The fourth-order valence-electron chi connectivity index (χ4n) is 2.27. The predicted octanol–water partition coefficient (Wildman–Crippen LogP) is 2.85. The summed E-state index contributed by atoms with van der Waals surface area (Å²) < 4.78 is 18.5. The average Bonchev–Trinajstić information content (AvgIpc) is 2.67. The topological polar surface area (TPSA) is 70.0 Å². The highest BCUT2D eigenvalue weighted by molar-refractivity contribution is 14.0. The Labute approximate surface area is 176 Å². The van der Waals surface area contributed by atoms with E-state index in [2.05, 4.69) is 15.3 Å². The number of aliphatic hydroxyl groups is 1. The number of rotatable bonds is 8. The van der Waals surface area contributed by atoms with Gasteiger partial charge in [0.15, 0.2) is 5.96 Å². The van der Waals surface area contributed by atoms with Crippen LogP contribution in [0.15, 0.2) is 53.8 Å². The molecule has 2 rings (SSSR count). The lowest BCUT2D eigenvalue weighted by atomic mass is 10.1. The highest BCUT2D eigenvalue weighted by Gasteiger charge is 2.10. The number of nitrogens with one attached hydrogen (secondary N) is 1. The summed E-state index contributed by atoms with van der Waals surface area (Å²) in [4.78, 5) is 10.3. The van der Waals surface area contributed by atoms with Crippen molar-refractivity contribution >= 4 is 29.9 Å². The molecule has 0 radical (unpaired) electrons. The van der Waals surface area contributed by atoms with Gasteiger partial charge in [0.2, 0.25) is 0 Å². The van der Waals surface area contributed by atoms with E-state index in [9.17, 15) is 9.50 Å². The van der Waals surface area contributed by atoms with E-state index in [1.54, 1.807) is 36.7 Å². The first kappa shape index (κ1) is 23.1. The van der Waals surface area contributed by atoms with Gasteiger partial charge in [0.25, 0.3) is 0 Å². The predicted molar refractivity (Wildman–Crippen MR) is 115 cm³/mol. The second-order valence-electron chi connectivity index (χ2n) is 5.71. The molecule has 0 spiro atoms. The van der Waals surface area contributed by atoms with E-state index in [0.29, 0.717) is 31.4 Å². The molecule has 148 valence electrons. The first-order chi connectivity index (χ1) is 12.6. The van der Waals surface area contributed by atoms with Gasteiger partial charge in [-0.15, -0.1) is 24.0 Å². The van der Waals surface area contributed by atoms with Crippen LogP contribution >= 0.6 is 24.0 Å². The number of aliphatic hydroxyl groups excluding tert-OH is 1. The quantitative estimate of drug-likeness (QED) is 0.340. The van der Waals surface area contributed by atoms with Crippen LogP contribution in [0.1, 0.15) is 18.6 Å². The second-order valence-corrected chi connectivity index (χ2v) is 5.71. The van der Waals surface area contributed by atoms with Crippen LogP contribution in [0.5, 0.6) is 5.75 Å². The fraction of sp³-hybridized carbons (Fsp3) is 0.368. The van der Waals surface area contributed by atoms with E-state index >= 15 is 0 Å². The molecule has 0 fully saturated rings. The molecule has 0 amide bonds. The van der Waals surface area contributed by atoms with Crippen molar-refractivity contribution in [3.8, 4) is 5.75 Å². The van der Waals surface area contributed by atoms with Crippen molar-refractivity contribution in [2.45, 2.75) is 13.0 Å². The highest BCUT2D eigenvalue weighted by Crippen LogP contribution is 2.12. The SMILES string of the molecule is CCNC(=NCC(O)c1ccncc1)N(C)CCOc1ccc(F)cc1.I. The molecule has 1 heterocycles. The fourth-order valence-corrected chi connectivity index (χ4v) is 2.27. The van der Waals surface area contributed by atoms with Crippen molar-refractivity contribution < 1.29 is 14.2 Å². The molecule has 1 aromatic heterocycles. The maximum absolute atomic E-state index is 12.9. The molecule has 6 nitrogen and oxygen atoms in total. The summed E-state index contributed by atoms with van der Waals surface area (Å²) in [5.74, 6) is 1.02. The Morgan fingerprint density at radius 3 is 2.56 bits per heavy atom. The van der Waals surface area contributed by atoms with Crippen LogP contribution in [0.4, 0.5) is 4.39 Å². The molecule has 2 N–H and O–H groups in total. The van der Waals surface area contributed by atoms with Crippen molar-refractivity contribution in [1.82, 2.24) is 15.2 Å². The number of ether oxygens (including phenoxy) is 1. The molecule has 0 saturated carbocycles. The zero-order chi connectivity index (χ0) is 18.8. The summed E-state index contributed by atoms with van der Waals surface area (Å²) >= 11 is 0. The van der Waals surface area contributed by atoms with E-state index in [1.165, 1.54) is 12.1 Å². The van der Waals surface area contributed by atoms with Gasteiger partial charge in [-0.2, -0.15) is 0 Å². The monoisotopic (exact) mass is 488 g/mol. The molecule has 0 aliphatic heterocycles. The van der Waals surface area contributed by atoms with Gasteiger partial charge in [0.1, 0.15) is 18.2 Å². The first-order valence-electron chi connectivity index (χ1n) is 8.56. The number of likely N-dealkylation sites (N-methyl/N-ethyl adjacent to an activating group) is 1. The molecule has 0 saturated heterocycles. The maximum atomic E-state index is 12.9. The van der Waals surface area contributed by atoms with Crippen molar-refractivity contribution in [2.75, 3.05) is 33.3 Å². The van der Waals surface area contributed by atoms with Crippen LogP contribution in [0, 0.1) is 5.82 Å². The number of aromatic nitrogens is 1. The van der Waals surface area contributed by atoms with Gasteiger partial charge in [0, 0.05) is 26.0 Å². The van der Waals surface area contributed by atoms with Crippen molar-refractivity contribution in [3.63, 3.8) is 0 Å². The highest BCUT2D eigenvalue weighted by atomic mass is 127. The molecular formula is C19H26FIN4O2. The van der Waals surface area contributed by atoms with Crippen LogP contribution in [0.25, 0.3) is 0 Å². The number of nitrogens with zero attached hydrogens (tertiary/aromatic N) is 3. The van der Waals surface area contributed by atoms with Crippen molar-refractivity contribution in [3.05, 3.63) is 60.2 Å². The number of hydrogen-bond acceptors (Lipinski definition) is 4. The lowest BCUT2D eigenvalue weighted by Gasteiger charge is -2.22. The molecule has 0 aliphatic carbocycles. The van der Waals surface area contributed by atoms with Crippen LogP contribution < -0.4 is 10.1 Å². The van der Waals surface area contributed by atoms with Gasteiger partial charge in [-0.3, -0.25) is 9.98 Å². The zero-order valence-corrected chi connectivity index (χ0v) is 17.8. The number of guanidine groups is 1. The van der Waals surface area contributed by atoms with E-state index in [1.807, 2.05) is 18.9 Å². The molecule has 0 bridgehead atoms. The van der Waals surface area contributed by atoms with Gasteiger partial charge >= 0.3 is 0 Å². The Bertz CT molecular complexity index is 686. The number of halogens is 2. The van der Waals surface area contributed by atoms with Gasteiger partial charge in [-0.25, -0.2) is 4.39 Å². The maximum Gasteiger partial charge on any atom is 0.193 e. The van der Waals surface area contributed by atoms with E-state index < -0.39 is 6.10 Å². The van der Waals surface area contributed by atoms with Crippen LogP contribution in [0.3, 0.4) is 0 Å². The zero-order valence-electron chi connectivity index (χ0n) is 15.5. The summed E-state index contributed by atoms with van der Waals surface area (Å²) in [5, 5.41) is 13.4. The lowest BCUT2D eigenvalue weighted by molar-refractivity contribution is 0.186. The number of hydrogen-bond donors (Lipinski definition) is 2. The number of aliphatic imine (C=N–C) groups is 1. The first-order valence-corrected chi connectivity index (χ1v) is 8.56. The Balaban J connectivity index is 0.00000364. The largest absolute Gasteiger partial charge is 0.492 e. The van der Waals surface area contributed by atoms with Crippen molar-refractivity contribution in [1.29, 1.82) is 0 Å². The van der Waals surface area contributed by atoms with Crippen LogP contribution in [-0.2, 0) is 0 Å². The smallest absolute Gasteiger partial charge is 0.193 e. The third-order valence-electron chi connectivity index (χ3n) is 3.71. The minimum Gasteiger partial charge on any atom is -0.492 e. The summed E-state index contributed by atoms with van der Waals surface area (Å²) in [6.45, 7) is 3.97. The molecule has 27 heavy (non-hydrogen) atoms.